The zero-order valence-electron chi connectivity index (χ0n) is 17.2. The Balaban J connectivity index is 2.05. The molecule has 0 saturated heterocycles. The Hall–Kier alpha value is -2.97. The third-order valence-corrected chi connectivity index (χ3v) is 4.37. The van der Waals surface area contributed by atoms with E-state index >= 15 is 0 Å². The number of Topliss-reactive ketones (excluding diaryl/α,β-unsaturated/α-hetero) is 1. The normalized spacial score (nSPS) is 12.5. The number of carbonyl (C=O) groups excluding carboxylic acids is 2. The molecule has 0 radical (unpaired) electrons. The first kappa shape index (κ1) is 23.3. The molecule has 1 atom stereocenters. The molecule has 0 aliphatic heterocycles. The van der Waals surface area contributed by atoms with Crippen molar-refractivity contribution >= 4 is 11.7 Å². The van der Waals surface area contributed by atoms with Gasteiger partial charge in [0.05, 0.1) is 12.2 Å². The fraction of sp³-hybridized carbons (Fsp3) is 0.429. The number of hydrogen-bond acceptors (Lipinski definition) is 5. The number of ketones is 1. The number of amides is 1. The van der Waals surface area contributed by atoms with Crippen LogP contribution in [0.15, 0.2) is 30.6 Å². The molecule has 0 bridgehead atoms. The van der Waals surface area contributed by atoms with Crippen LogP contribution in [0.25, 0.3) is 0 Å². The van der Waals surface area contributed by atoms with Gasteiger partial charge < -0.3 is 10.1 Å². The molecule has 2 rings (SSSR count). The summed E-state index contributed by atoms with van der Waals surface area (Å²) in [7, 11) is 0. The van der Waals surface area contributed by atoms with E-state index in [-0.39, 0.29) is 29.6 Å². The van der Waals surface area contributed by atoms with Crippen molar-refractivity contribution in [3.8, 4) is 5.75 Å². The average molecular weight is 423 g/mol. The predicted molar refractivity (Wildman–Crippen MR) is 104 cm³/mol. The Morgan fingerprint density at radius 2 is 1.87 bits per heavy atom. The molecule has 0 aliphatic carbocycles. The van der Waals surface area contributed by atoms with Gasteiger partial charge in [-0.1, -0.05) is 13.8 Å². The summed E-state index contributed by atoms with van der Waals surface area (Å²) in [5.41, 5.74) is 1.81. The highest BCUT2D eigenvalue weighted by Gasteiger charge is 2.28. The number of rotatable bonds is 8. The molecule has 1 unspecified atom stereocenters. The second-order valence-electron chi connectivity index (χ2n) is 7.31. The largest absolute Gasteiger partial charge is 0.482 e. The molecule has 6 nitrogen and oxygen atoms in total. The van der Waals surface area contributed by atoms with Crippen LogP contribution in [0.1, 0.15) is 54.1 Å². The first-order valence-electron chi connectivity index (χ1n) is 9.41. The van der Waals surface area contributed by atoms with Crippen molar-refractivity contribution in [1.29, 1.82) is 0 Å². The minimum Gasteiger partial charge on any atom is -0.482 e. The van der Waals surface area contributed by atoms with Crippen LogP contribution >= 0.6 is 0 Å². The monoisotopic (exact) mass is 423 g/mol. The number of hydrogen-bond donors (Lipinski definition) is 1. The van der Waals surface area contributed by atoms with Gasteiger partial charge in [-0.25, -0.2) is 4.98 Å². The highest BCUT2D eigenvalue weighted by molar-refractivity contribution is 5.92. The molecule has 162 valence electrons. The van der Waals surface area contributed by atoms with E-state index in [1.54, 1.807) is 25.3 Å². The van der Waals surface area contributed by atoms with E-state index in [1.165, 1.54) is 13.0 Å². The van der Waals surface area contributed by atoms with Crippen molar-refractivity contribution in [1.82, 2.24) is 15.3 Å². The van der Waals surface area contributed by atoms with Gasteiger partial charge >= 0.3 is 6.18 Å². The number of aryl methyl sites for hydroxylation is 1. The summed E-state index contributed by atoms with van der Waals surface area (Å²) < 4.78 is 41.6. The van der Waals surface area contributed by atoms with Gasteiger partial charge in [-0.15, -0.1) is 0 Å². The van der Waals surface area contributed by atoms with E-state index in [0.29, 0.717) is 11.3 Å². The van der Waals surface area contributed by atoms with Crippen molar-refractivity contribution in [3.05, 3.63) is 53.1 Å². The maximum Gasteiger partial charge on any atom is 0.422 e. The maximum atomic E-state index is 12.5. The van der Waals surface area contributed by atoms with Gasteiger partial charge in [0.1, 0.15) is 17.2 Å². The summed E-state index contributed by atoms with van der Waals surface area (Å²) >= 11 is 0. The van der Waals surface area contributed by atoms with E-state index in [0.717, 1.165) is 11.8 Å². The summed E-state index contributed by atoms with van der Waals surface area (Å²) in [4.78, 5) is 32.5. The van der Waals surface area contributed by atoms with Crippen molar-refractivity contribution in [2.75, 3.05) is 6.61 Å². The third kappa shape index (κ3) is 6.82. The van der Waals surface area contributed by atoms with Crippen molar-refractivity contribution < 1.29 is 27.5 Å². The van der Waals surface area contributed by atoms with E-state index < -0.39 is 24.7 Å². The molecule has 0 saturated carbocycles. The molecule has 1 amide bonds. The molecule has 0 fully saturated rings. The Bertz CT molecular complexity index is 914. The summed E-state index contributed by atoms with van der Waals surface area (Å²) in [6.07, 6.45) is -1.56. The van der Waals surface area contributed by atoms with Crippen LogP contribution in [0.5, 0.6) is 5.75 Å². The molecular weight excluding hydrogens is 399 g/mol. The van der Waals surface area contributed by atoms with Gasteiger partial charge in [0.15, 0.2) is 6.61 Å². The van der Waals surface area contributed by atoms with E-state index in [4.69, 9.17) is 4.74 Å². The van der Waals surface area contributed by atoms with Crippen LogP contribution in [0.3, 0.4) is 0 Å². The third-order valence-electron chi connectivity index (χ3n) is 4.37. The summed E-state index contributed by atoms with van der Waals surface area (Å²) in [6, 6.07) is 4.48. The van der Waals surface area contributed by atoms with Gasteiger partial charge in [-0.05, 0) is 43.2 Å². The Morgan fingerprint density at radius 1 is 1.17 bits per heavy atom. The zero-order chi connectivity index (χ0) is 22.5. The second kappa shape index (κ2) is 9.69. The first-order chi connectivity index (χ1) is 14.0. The van der Waals surface area contributed by atoms with Crippen LogP contribution in [-0.2, 0) is 11.2 Å². The van der Waals surface area contributed by atoms with E-state index in [1.807, 2.05) is 13.8 Å². The lowest BCUT2D eigenvalue weighted by Crippen LogP contribution is -2.28. The van der Waals surface area contributed by atoms with Gasteiger partial charge in [0.25, 0.3) is 5.91 Å². The molecule has 0 aliphatic rings. The van der Waals surface area contributed by atoms with Crippen molar-refractivity contribution in [2.24, 2.45) is 5.92 Å². The highest BCUT2D eigenvalue weighted by atomic mass is 19.4. The fourth-order valence-corrected chi connectivity index (χ4v) is 2.58. The Labute approximate surface area is 172 Å². The first-order valence-corrected chi connectivity index (χ1v) is 9.41. The molecule has 0 spiro atoms. The number of carbonyl (C=O) groups is 2. The number of alkyl halides is 3. The minimum atomic E-state index is -4.46. The highest BCUT2D eigenvalue weighted by Crippen LogP contribution is 2.22. The summed E-state index contributed by atoms with van der Waals surface area (Å²) in [5.74, 6) is -0.538. The smallest absolute Gasteiger partial charge is 0.422 e. The Kier molecular flexibility index (Phi) is 7.53. The van der Waals surface area contributed by atoms with Gasteiger partial charge in [-0.2, -0.15) is 13.2 Å². The molecular formula is C21H24F3N3O3. The predicted octanol–water partition coefficient (Wildman–Crippen LogP) is 3.98. The van der Waals surface area contributed by atoms with E-state index in [2.05, 4.69) is 15.3 Å². The number of aromatic nitrogens is 2. The van der Waals surface area contributed by atoms with Crippen LogP contribution in [-0.4, -0.2) is 34.4 Å². The number of ether oxygens (including phenoxy) is 1. The van der Waals surface area contributed by atoms with Gasteiger partial charge in [0, 0.05) is 24.2 Å². The van der Waals surface area contributed by atoms with Crippen LogP contribution < -0.4 is 10.1 Å². The lowest BCUT2D eigenvalue weighted by molar-refractivity contribution is -0.153. The molecule has 9 heteroatoms. The topological polar surface area (TPSA) is 81.2 Å². The standard InChI is InChI=1S/C21H24F3N3O3/c1-12(2)18(28)9-16-8-15(5-6-25-16)14(4)27-20(29)17-7-13(3)19(10-26-17)30-11-21(22,23)24/h5-8,10,12,14H,9,11H2,1-4H3,(H,27,29). The fourth-order valence-electron chi connectivity index (χ4n) is 2.58. The lowest BCUT2D eigenvalue weighted by atomic mass is 10.0. The van der Waals surface area contributed by atoms with E-state index in [9.17, 15) is 22.8 Å². The number of halogens is 3. The molecule has 0 aromatic carbocycles. The Morgan fingerprint density at radius 3 is 2.47 bits per heavy atom. The van der Waals surface area contributed by atoms with Crippen LogP contribution in [0, 0.1) is 12.8 Å². The minimum absolute atomic E-state index is 0.0366. The second-order valence-corrected chi connectivity index (χ2v) is 7.31. The number of pyridine rings is 2. The van der Waals surface area contributed by atoms with Crippen LogP contribution in [0.2, 0.25) is 0 Å². The number of nitrogens with one attached hydrogen (secondary N) is 1. The molecule has 2 aromatic heterocycles. The lowest BCUT2D eigenvalue weighted by Gasteiger charge is -2.16. The molecule has 2 heterocycles. The van der Waals surface area contributed by atoms with Crippen LogP contribution in [0.4, 0.5) is 13.2 Å². The zero-order valence-corrected chi connectivity index (χ0v) is 17.2. The SMILES string of the molecule is Cc1cc(C(=O)NC(C)c2ccnc(CC(=O)C(C)C)c2)ncc1OCC(F)(F)F. The van der Waals surface area contributed by atoms with Crippen molar-refractivity contribution in [3.63, 3.8) is 0 Å². The molecule has 2 aromatic rings. The summed E-state index contributed by atoms with van der Waals surface area (Å²) in [5, 5.41) is 2.78. The van der Waals surface area contributed by atoms with Crippen molar-refractivity contribution in [2.45, 2.75) is 46.3 Å². The quantitative estimate of drug-likeness (QED) is 0.695. The molecule has 30 heavy (non-hydrogen) atoms. The summed E-state index contributed by atoms with van der Waals surface area (Å²) in [6.45, 7) is 5.53. The average Bonchev–Trinajstić information content (AvgIpc) is 2.66. The van der Waals surface area contributed by atoms with Gasteiger partial charge in [0.2, 0.25) is 0 Å². The molecule has 1 N–H and O–H groups in total. The number of nitrogens with zero attached hydrogens (tertiary/aromatic N) is 2. The van der Waals surface area contributed by atoms with Gasteiger partial charge in [-0.3, -0.25) is 14.6 Å². The maximum absolute atomic E-state index is 12.5.